The summed E-state index contributed by atoms with van der Waals surface area (Å²) >= 11 is 0. The molecule has 1 unspecified atom stereocenters. The van der Waals surface area contributed by atoms with E-state index >= 15 is 0 Å². The van der Waals surface area contributed by atoms with Gasteiger partial charge in [-0.05, 0) is 31.0 Å². The third kappa shape index (κ3) is 2.86. The molecule has 96 valence electrons. The minimum Gasteiger partial charge on any atom is -0.395 e. The summed E-state index contributed by atoms with van der Waals surface area (Å²) < 4.78 is 0. The average molecular weight is 244 g/mol. The maximum Gasteiger partial charge on any atom is 0.0708 e. The molecular formula is C15H20N2O. The smallest absolute Gasteiger partial charge is 0.0708 e. The van der Waals surface area contributed by atoms with Gasteiger partial charge < -0.3 is 10.4 Å². The summed E-state index contributed by atoms with van der Waals surface area (Å²) in [5.41, 5.74) is 3.30. The van der Waals surface area contributed by atoms with Crippen molar-refractivity contribution in [1.82, 2.24) is 10.3 Å². The van der Waals surface area contributed by atoms with Crippen molar-refractivity contribution in [2.75, 3.05) is 6.61 Å². The van der Waals surface area contributed by atoms with Gasteiger partial charge >= 0.3 is 0 Å². The second-order valence-electron chi connectivity index (χ2n) is 4.61. The van der Waals surface area contributed by atoms with E-state index in [1.54, 1.807) is 0 Å². The molecule has 0 spiro atoms. The largest absolute Gasteiger partial charge is 0.395 e. The van der Waals surface area contributed by atoms with Gasteiger partial charge in [0.15, 0.2) is 0 Å². The van der Waals surface area contributed by atoms with Crippen LogP contribution in [0.2, 0.25) is 0 Å². The Balaban J connectivity index is 2.26. The number of aryl methyl sites for hydroxylation is 1. The van der Waals surface area contributed by atoms with Crippen LogP contribution in [0.4, 0.5) is 0 Å². The maximum atomic E-state index is 9.20. The molecule has 1 heterocycles. The number of pyridine rings is 1. The number of rotatable bonds is 5. The third-order valence-electron chi connectivity index (χ3n) is 3.22. The summed E-state index contributed by atoms with van der Waals surface area (Å²) in [5.74, 6) is 0. The van der Waals surface area contributed by atoms with E-state index in [1.807, 2.05) is 25.1 Å². The first-order valence-electron chi connectivity index (χ1n) is 6.44. The molecule has 1 aromatic carbocycles. The van der Waals surface area contributed by atoms with Crippen molar-refractivity contribution in [3.63, 3.8) is 0 Å². The Morgan fingerprint density at radius 1 is 1.33 bits per heavy atom. The molecule has 1 aromatic heterocycles. The van der Waals surface area contributed by atoms with Crippen molar-refractivity contribution in [3.8, 4) is 0 Å². The SMILES string of the molecule is CCC(CO)NCc1cc(C)nc2ccccc12. The maximum absolute atomic E-state index is 9.20. The van der Waals surface area contributed by atoms with Crippen molar-refractivity contribution >= 4 is 10.9 Å². The average Bonchev–Trinajstić information content (AvgIpc) is 2.39. The van der Waals surface area contributed by atoms with E-state index in [0.717, 1.165) is 24.2 Å². The molecule has 2 aromatic rings. The van der Waals surface area contributed by atoms with Gasteiger partial charge in [-0.25, -0.2) is 0 Å². The van der Waals surface area contributed by atoms with E-state index in [4.69, 9.17) is 0 Å². The molecule has 0 saturated carbocycles. The quantitative estimate of drug-likeness (QED) is 0.849. The zero-order valence-electron chi connectivity index (χ0n) is 11.0. The van der Waals surface area contributed by atoms with Gasteiger partial charge in [-0.2, -0.15) is 0 Å². The molecule has 0 saturated heterocycles. The van der Waals surface area contributed by atoms with Crippen molar-refractivity contribution in [3.05, 3.63) is 41.6 Å². The third-order valence-corrected chi connectivity index (χ3v) is 3.22. The van der Waals surface area contributed by atoms with Gasteiger partial charge in [0.05, 0.1) is 12.1 Å². The fourth-order valence-electron chi connectivity index (χ4n) is 2.13. The number of hydrogen-bond acceptors (Lipinski definition) is 3. The molecule has 0 amide bonds. The number of aromatic nitrogens is 1. The lowest BCUT2D eigenvalue weighted by atomic mass is 10.1. The summed E-state index contributed by atoms with van der Waals surface area (Å²) in [5, 5.41) is 13.8. The Labute approximate surface area is 108 Å². The highest BCUT2D eigenvalue weighted by Gasteiger charge is 2.07. The van der Waals surface area contributed by atoms with Crippen LogP contribution >= 0.6 is 0 Å². The van der Waals surface area contributed by atoms with Gasteiger partial charge in [-0.3, -0.25) is 4.98 Å². The number of aliphatic hydroxyl groups excluding tert-OH is 1. The van der Waals surface area contributed by atoms with Gasteiger partial charge in [-0.1, -0.05) is 25.1 Å². The van der Waals surface area contributed by atoms with Crippen LogP contribution in [0.5, 0.6) is 0 Å². The predicted octanol–water partition coefficient (Wildman–Crippen LogP) is 2.40. The molecule has 0 aliphatic rings. The van der Waals surface area contributed by atoms with Crippen LogP contribution in [-0.2, 0) is 6.54 Å². The van der Waals surface area contributed by atoms with E-state index in [0.29, 0.717) is 0 Å². The lowest BCUT2D eigenvalue weighted by Gasteiger charge is -2.15. The number of fused-ring (bicyclic) bond motifs is 1. The number of nitrogens with one attached hydrogen (secondary N) is 1. The number of aliphatic hydroxyl groups is 1. The van der Waals surface area contributed by atoms with Crippen molar-refractivity contribution in [1.29, 1.82) is 0 Å². The first-order chi connectivity index (χ1) is 8.74. The number of para-hydroxylation sites is 1. The van der Waals surface area contributed by atoms with Crippen LogP contribution in [0.15, 0.2) is 30.3 Å². The molecule has 3 nitrogen and oxygen atoms in total. The van der Waals surface area contributed by atoms with E-state index in [-0.39, 0.29) is 12.6 Å². The van der Waals surface area contributed by atoms with E-state index in [9.17, 15) is 5.11 Å². The van der Waals surface area contributed by atoms with Crippen LogP contribution in [-0.4, -0.2) is 22.7 Å². The Morgan fingerprint density at radius 3 is 2.83 bits per heavy atom. The van der Waals surface area contributed by atoms with Crippen molar-refractivity contribution < 1.29 is 5.11 Å². The first-order valence-corrected chi connectivity index (χ1v) is 6.44. The van der Waals surface area contributed by atoms with Crippen molar-refractivity contribution in [2.45, 2.75) is 32.9 Å². The van der Waals surface area contributed by atoms with Gasteiger partial charge in [0.25, 0.3) is 0 Å². The molecular weight excluding hydrogens is 224 g/mol. The molecule has 2 N–H and O–H groups in total. The van der Waals surface area contributed by atoms with E-state index in [1.165, 1.54) is 10.9 Å². The normalized spacial score (nSPS) is 12.8. The molecule has 1 atom stereocenters. The Bertz CT molecular complexity index is 521. The Kier molecular flexibility index (Phi) is 4.28. The van der Waals surface area contributed by atoms with Gasteiger partial charge in [0, 0.05) is 23.7 Å². The number of benzene rings is 1. The molecule has 2 rings (SSSR count). The van der Waals surface area contributed by atoms with Crippen LogP contribution in [0.3, 0.4) is 0 Å². The van der Waals surface area contributed by atoms with Crippen LogP contribution in [0.1, 0.15) is 24.6 Å². The second kappa shape index (κ2) is 5.94. The first kappa shape index (κ1) is 13.0. The molecule has 0 bridgehead atoms. The van der Waals surface area contributed by atoms with Gasteiger partial charge in [0.1, 0.15) is 0 Å². The fraction of sp³-hybridized carbons (Fsp3) is 0.400. The molecule has 0 fully saturated rings. The van der Waals surface area contributed by atoms with Crippen molar-refractivity contribution in [2.24, 2.45) is 0 Å². The summed E-state index contributed by atoms with van der Waals surface area (Å²) in [6.45, 7) is 5.03. The molecule has 0 radical (unpaired) electrons. The standard InChI is InChI=1S/C15H20N2O/c1-3-13(10-18)16-9-12-8-11(2)17-15-7-5-4-6-14(12)15/h4-8,13,16,18H,3,9-10H2,1-2H3. The minimum atomic E-state index is 0.164. The highest BCUT2D eigenvalue weighted by atomic mass is 16.3. The Hall–Kier alpha value is -1.45. The highest BCUT2D eigenvalue weighted by Crippen LogP contribution is 2.18. The zero-order chi connectivity index (χ0) is 13.0. The minimum absolute atomic E-state index is 0.164. The number of hydrogen-bond donors (Lipinski definition) is 2. The van der Waals surface area contributed by atoms with E-state index in [2.05, 4.69) is 29.4 Å². The second-order valence-corrected chi connectivity index (χ2v) is 4.61. The summed E-state index contributed by atoms with van der Waals surface area (Å²) in [7, 11) is 0. The molecule has 3 heteroatoms. The van der Waals surface area contributed by atoms with E-state index < -0.39 is 0 Å². The van der Waals surface area contributed by atoms with Gasteiger partial charge in [-0.15, -0.1) is 0 Å². The monoisotopic (exact) mass is 244 g/mol. The number of nitrogens with zero attached hydrogens (tertiary/aromatic N) is 1. The topological polar surface area (TPSA) is 45.1 Å². The predicted molar refractivity (Wildman–Crippen MR) is 74.5 cm³/mol. The lowest BCUT2D eigenvalue weighted by molar-refractivity contribution is 0.238. The highest BCUT2D eigenvalue weighted by molar-refractivity contribution is 5.82. The molecule has 0 aliphatic carbocycles. The molecule has 18 heavy (non-hydrogen) atoms. The van der Waals surface area contributed by atoms with Gasteiger partial charge in [0.2, 0.25) is 0 Å². The fourth-order valence-corrected chi connectivity index (χ4v) is 2.13. The summed E-state index contributed by atoms with van der Waals surface area (Å²) in [6.07, 6.45) is 0.929. The van der Waals surface area contributed by atoms with Crippen LogP contribution in [0.25, 0.3) is 10.9 Å². The Morgan fingerprint density at radius 2 is 2.11 bits per heavy atom. The van der Waals surface area contributed by atoms with Crippen LogP contribution < -0.4 is 5.32 Å². The summed E-state index contributed by atoms with van der Waals surface area (Å²) in [4.78, 5) is 4.53. The lowest BCUT2D eigenvalue weighted by Crippen LogP contribution is -2.31. The summed E-state index contributed by atoms with van der Waals surface area (Å²) in [6, 6.07) is 10.4. The van der Waals surface area contributed by atoms with Crippen LogP contribution in [0, 0.1) is 6.92 Å². The zero-order valence-corrected chi connectivity index (χ0v) is 11.0. The molecule has 0 aliphatic heterocycles.